The number of fused-ring (bicyclic) bond motifs is 1. The number of hydrogen-bond acceptors (Lipinski definition) is 2. The molecule has 0 amide bonds. The van der Waals surface area contributed by atoms with Gasteiger partial charge < -0.3 is 9.84 Å². The lowest BCUT2D eigenvalue weighted by Gasteiger charge is -2.05. The maximum Gasteiger partial charge on any atom is 0.148 e. The van der Waals surface area contributed by atoms with Gasteiger partial charge in [0.25, 0.3) is 0 Å². The van der Waals surface area contributed by atoms with Gasteiger partial charge >= 0.3 is 0 Å². The first-order valence-corrected chi connectivity index (χ1v) is 4.59. The number of benzene rings is 2. The number of ether oxygens (including phenoxy) is 1. The largest absolute Gasteiger partial charge is 0.507 e. The van der Waals surface area contributed by atoms with E-state index in [0.29, 0.717) is 5.75 Å². The van der Waals surface area contributed by atoms with Gasteiger partial charge in [0, 0.05) is 5.39 Å². The van der Waals surface area contributed by atoms with E-state index in [1.54, 1.807) is 18.2 Å². The summed E-state index contributed by atoms with van der Waals surface area (Å²) in [5, 5.41) is 11.4. The van der Waals surface area contributed by atoms with E-state index in [0.717, 1.165) is 10.8 Å². The monoisotopic (exact) mass is 198 g/mol. The summed E-state index contributed by atoms with van der Waals surface area (Å²) in [6, 6.07) is 10.9. The molecule has 0 fully saturated rings. The molecule has 2 nitrogen and oxygen atoms in total. The fraction of sp³-hybridized carbons (Fsp3) is 0.0769. The highest BCUT2D eigenvalue weighted by Gasteiger charge is 2.00. The van der Waals surface area contributed by atoms with Crippen LogP contribution in [0.5, 0.6) is 11.5 Å². The smallest absolute Gasteiger partial charge is 0.148 e. The second-order valence-electron chi connectivity index (χ2n) is 3.15. The third-order valence-corrected chi connectivity index (χ3v) is 2.15. The Hall–Kier alpha value is -2.14. The summed E-state index contributed by atoms with van der Waals surface area (Å²) in [4.78, 5) is 0. The van der Waals surface area contributed by atoms with E-state index >= 15 is 0 Å². The number of aromatic hydroxyl groups is 1. The van der Waals surface area contributed by atoms with Crippen molar-refractivity contribution in [1.29, 1.82) is 0 Å². The first-order chi connectivity index (χ1) is 7.31. The minimum atomic E-state index is 0.235. The second-order valence-corrected chi connectivity index (χ2v) is 3.15. The molecule has 0 bridgehead atoms. The first-order valence-electron chi connectivity index (χ1n) is 4.59. The molecule has 2 aromatic rings. The standard InChI is InChI=1S/C13H10O2/c1-2-8-15-11-7-6-10-4-3-5-13(14)12(10)9-11/h1,3-7,9,14H,8H2. The third-order valence-electron chi connectivity index (χ3n) is 2.15. The van der Waals surface area contributed by atoms with Gasteiger partial charge in [-0.15, -0.1) is 6.42 Å². The lowest BCUT2D eigenvalue weighted by atomic mass is 10.1. The summed E-state index contributed by atoms with van der Waals surface area (Å²) in [6.07, 6.45) is 5.09. The van der Waals surface area contributed by atoms with E-state index in [9.17, 15) is 5.11 Å². The van der Waals surface area contributed by atoms with Gasteiger partial charge in [-0.1, -0.05) is 24.1 Å². The Morgan fingerprint density at radius 3 is 2.93 bits per heavy atom. The fourth-order valence-corrected chi connectivity index (χ4v) is 1.45. The van der Waals surface area contributed by atoms with Crippen LogP contribution in [0.15, 0.2) is 36.4 Å². The van der Waals surface area contributed by atoms with Gasteiger partial charge in [0.1, 0.15) is 18.1 Å². The molecule has 74 valence electrons. The van der Waals surface area contributed by atoms with Crippen molar-refractivity contribution in [2.75, 3.05) is 6.61 Å². The number of terminal acetylenes is 1. The molecule has 0 saturated heterocycles. The van der Waals surface area contributed by atoms with E-state index in [1.807, 2.05) is 18.2 Å². The normalized spacial score (nSPS) is 9.80. The van der Waals surface area contributed by atoms with E-state index in [-0.39, 0.29) is 12.4 Å². The van der Waals surface area contributed by atoms with Crippen LogP contribution in [0.2, 0.25) is 0 Å². The van der Waals surface area contributed by atoms with Crippen molar-refractivity contribution in [3.05, 3.63) is 36.4 Å². The maximum atomic E-state index is 9.63. The molecule has 0 radical (unpaired) electrons. The van der Waals surface area contributed by atoms with Crippen molar-refractivity contribution in [2.45, 2.75) is 0 Å². The lowest BCUT2D eigenvalue weighted by molar-refractivity contribution is 0.371. The van der Waals surface area contributed by atoms with Crippen molar-refractivity contribution in [3.63, 3.8) is 0 Å². The SMILES string of the molecule is C#CCOc1ccc2cccc(O)c2c1. The topological polar surface area (TPSA) is 29.5 Å². The van der Waals surface area contributed by atoms with Crippen LogP contribution < -0.4 is 4.74 Å². The molecule has 0 unspecified atom stereocenters. The van der Waals surface area contributed by atoms with Crippen LogP contribution in [-0.4, -0.2) is 11.7 Å². The predicted octanol–water partition coefficient (Wildman–Crippen LogP) is 2.56. The zero-order valence-electron chi connectivity index (χ0n) is 8.10. The molecule has 2 heteroatoms. The van der Waals surface area contributed by atoms with Crippen LogP contribution in [0.1, 0.15) is 0 Å². The lowest BCUT2D eigenvalue weighted by Crippen LogP contribution is -1.92. The van der Waals surface area contributed by atoms with E-state index < -0.39 is 0 Å². The summed E-state index contributed by atoms with van der Waals surface area (Å²) >= 11 is 0. The Kier molecular flexibility index (Phi) is 2.47. The van der Waals surface area contributed by atoms with Gasteiger partial charge in [-0.2, -0.15) is 0 Å². The highest BCUT2D eigenvalue weighted by molar-refractivity contribution is 5.89. The van der Waals surface area contributed by atoms with Crippen molar-refractivity contribution < 1.29 is 9.84 Å². The van der Waals surface area contributed by atoms with Crippen LogP contribution >= 0.6 is 0 Å². The van der Waals surface area contributed by atoms with Crippen LogP contribution in [0.3, 0.4) is 0 Å². The van der Waals surface area contributed by atoms with Crippen molar-refractivity contribution in [2.24, 2.45) is 0 Å². The molecule has 2 rings (SSSR count). The molecule has 0 aliphatic rings. The molecule has 15 heavy (non-hydrogen) atoms. The summed E-state index contributed by atoms with van der Waals surface area (Å²) in [5.74, 6) is 3.31. The molecular formula is C13H10O2. The molecule has 0 saturated carbocycles. The van der Waals surface area contributed by atoms with Crippen LogP contribution in [-0.2, 0) is 0 Å². The first kappa shape index (κ1) is 9.42. The van der Waals surface area contributed by atoms with Crippen molar-refractivity contribution in [3.8, 4) is 23.8 Å². The highest BCUT2D eigenvalue weighted by atomic mass is 16.5. The molecule has 0 aliphatic heterocycles. The van der Waals surface area contributed by atoms with Crippen LogP contribution in [0.25, 0.3) is 10.8 Å². The van der Waals surface area contributed by atoms with E-state index in [4.69, 9.17) is 11.2 Å². The molecule has 0 aromatic heterocycles. The number of hydrogen-bond donors (Lipinski definition) is 1. The predicted molar refractivity (Wildman–Crippen MR) is 59.9 cm³/mol. The van der Waals surface area contributed by atoms with Crippen molar-refractivity contribution >= 4 is 10.8 Å². The molecule has 0 spiro atoms. The third kappa shape index (κ3) is 1.87. The number of rotatable bonds is 2. The summed E-state index contributed by atoms with van der Waals surface area (Å²) in [6.45, 7) is 0.235. The average molecular weight is 198 g/mol. The summed E-state index contributed by atoms with van der Waals surface area (Å²) < 4.78 is 5.27. The van der Waals surface area contributed by atoms with Gasteiger partial charge in [0.05, 0.1) is 0 Å². The van der Waals surface area contributed by atoms with Gasteiger partial charge in [0.2, 0.25) is 0 Å². The Morgan fingerprint density at radius 1 is 1.27 bits per heavy atom. The van der Waals surface area contributed by atoms with Gasteiger partial charge in [-0.05, 0) is 23.6 Å². The Morgan fingerprint density at radius 2 is 2.13 bits per heavy atom. The number of phenolic OH excluding ortho intramolecular Hbond substituents is 1. The van der Waals surface area contributed by atoms with Crippen LogP contribution in [0.4, 0.5) is 0 Å². The molecular weight excluding hydrogens is 188 g/mol. The molecule has 0 atom stereocenters. The van der Waals surface area contributed by atoms with Gasteiger partial charge in [-0.3, -0.25) is 0 Å². The second kappa shape index (κ2) is 3.93. The molecule has 0 heterocycles. The van der Waals surface area contributed by atoms with Crippen LogP contribution in [0, 0.1) is 12.3 Å². The zero-order chi connectivity index (χ0) is 10.7. The maximum absolute atomic E-state index is 9.63. The number of phenols is 1. The van der Waals surface area contributed by atoms with Gasteiger partial charge in [0.15, 0.2) is 0 Å². The van der Waals surface area contributed by atoms with E-state index in [2.05, 4.69) is 5.92 Å². The molecule has 1 N–H and O–H groups in total. The van der Waals surface area contributed by atoms with E-state index in [1.165, 1.54) is 0 Å². The Bertz CT molecular complexity index is 524. The average Bonchev–Trinajstić information content (AvgIpc) is 2.27. The Balaban J connectivity index is 2.46. The highest BCUT2D eigenvalue weighted by Crippen LogP contribution is 2.27. The van der Waals surface area contributed by atoms with Crippen molar-refractivity contribution in [1.82, 2.24) is 0 Å². The summed E-state index contributed by atoms with van der Waals surface area (Å²) in [5.41, 5.74) is 0. The zero-order valence-corrected chi connectivity index (χ0v) is 8.10. The Labute approximate surface area is 88.1 Å². The molecule has 2 aromatic carbocycles. The summed E-state index contributed by atoms with van der Waals surface area (Å²) in [7, 11) is 0. The molecule has 0 aliphatic carbocycles. The quantitative estimate of drug-likeness (QED) is 0.751. The fourth-order valence-electron chi connectivity index (χ4n) is 1.45. The minimum Gasteiger partial charge on any atom is -0.507 e. The van der Waals surface area contributed by atoms with Gasteiger partial charge in [-0.25, -0.2) is 0 Å². The minimum absolute atomic E-state index is 0.235.